The van der Waals surface area contributed by atoms with Crippen molar-refractivity contribution in [2.75, 3.05) is 0 Å². The van der Waals surface area contributed by atoms with Gasteiger partial charge >= 0.3 is 67.8 Å². The van der Waals surface area contributed by atoms with Crippen molar-refractivity contribution in [2.24, 2.45) is 0 Å². The summed E-state index contributed by atoms with van der Waals surface area (Å²) in [6.07, 6.45) is 4.52. The molecule has 0 aliphatic rings. The molecule has 0 aliphatic carbocycles. The maximum absolute atomic E-state index is 7.50. The molecule has 0 rings (SSSR count). The molecule has 0 heterocycles. The molecule has 0 saturated heterocycles. The molecule has 0 saturated carbocycles. The topological polar surface area (TPSA) is 119 Å². The second kappa shape index (κ2) is 288. The molecule has 2 radical (unpaired) electrons. The van der Waals surface area contributed by atoms with Crippen LogP contribution in [0, 0.1) is 51.7 Å². The molecule has 6 nitrogen and oxygen atoms in total. The van der Waals surface area contributed by atoms with Crippen LogP contribution >= 0.6 is 0 Å². The molecule has 0 aromatic heterocycles. The maximum Gasteiger partial charge on any atom is 0 e. The normalized spacial score (nSPS) is 3.36. The van der Waals surface area contributed by atoms with Gasteiger partial charge in [0, 0.05) is 46.4 Å². The third-order valence-electron chi connectivity index (χ3n) is 0.875. The van der Waals surface area contributed by atoms with Crippen molar-refractivity contribution >= 4 is 0 Å². The van der Waals surface area contributed by atoms with Crippen LogP contribution in [0.4, 0.5) is 0 Å². The first-order valence-electron chi connectivity index (χ1n) is 4.60. The van der Waals surface area contributed by atoms with Gasteiger partial charge in [-0.15, -0.1) is 11.8 Å². The van der Waals surface area contributed by atoms with E-state index in [1.54, 1.807) is 0 Å². The maximum atomic E-state index is 7.50. The van der Waals surface area contributed by atoms with Gasteiger partial charge in [-0.05, 0) is 12.8 Å². The Morgan fingerprint density at radius 3 is 0.727 bits per heavy atom. The fraction of sp³-hybridized carbons (Fsp3) is 0.429. The molecule has 0 amide bonds. The Kier molecular flexibility index (Phi) is 763. The Labute approximate surface area is 152 Å². The van der Waals surface area contributed by atoms with Crippen LogP contribution in [-0.2, 0) is 61.5 Å². The van der Waals surface area contributed by atoms with E-state index in [2.05, 4.69) is 65.6 Å². The van der Waals surface area contributed by atoms with Crippen molar-refractivity contribution in [3.63, 3.8) is 0 Å². The van der Waals surface area contributed by atoms with E-state index in [4.69, 9.17) is 27.9 Å². The third-order valence-corrected chi connectivity index (χ3v) is 0.875. The molecule has 0 spiro atoms. The Balaban J connectivity index is -0.0000000149. The molecule has 124 valence electrons. The summed E-state index contributed by atoms with van der Waals surface area (Å²) in [5.41, 5.74) is 0. The van der Waals surface area contributed by atoms with Gasteiger partial charge in [0.15, 0.2) is 0 Å². The second-order valence-electron chi connectivity index (χ2n) is 1.85. The average Bonchev–Trinajstić information content (AvgIpc) is 2.62. The molecule has 22 heavy (non-hydrogen) atoms. The molecule has 0 unspecified atom stereocenters. The van der Waals surface area contributed by atoms with Gasteiger partial charge in [-0.3, -0.25) is 0 Å². The molecule has 0 atom stereocenters. The monoisotopic (exact) mass is 396 g/mol. The van der Waals surface area contributed by atoms with Crippen molar-refractivity contribution in [3.8, 4) is 11.8 Å². The van der Waals surface area contributed by atoms with Gasteiger partial charge in [-0.2, -0.15) is 0 Å². The molecule has 0 aromatic rings. The number of hydrogen-bond donors (Lipinski definition) is 0. The Morgan fingerprint density at radius 1 is 0.500 bits per heavy atom. The van der Waals surface area contributed by atoms with Crippen LogP contribution in [-0.4, -0.2) is 0 Å². The summed E-state index contributed by atoms with van der Waals surface area (Å²) in [6.45, 7) is 31.3. The summed E-state index contributed by atoms with van der Waals surface area (Å²) >= 11 is 0. The molecule has 0 bridgehead atoms. The zero-order valence-electron chi connectivity index (χ0n) is 11.9. The van der Waals surface area contributed by atoms with Crippen LogP contribution in [0.25, 0.3) is 0 Å². The SMILES string of the molecule is CCCC#CCCC.[C-]#[O+].[C-]#[O+].[C-]#[O+].[C-]#[O+].[C-]#[O+].[C-]#[O+].[Co].[Co]. The van der Waals surface area contributed by atoms with Gasteiger partial charge in [0.1, 0.15) is 0 Å². The zero-order valence-corrected chi connectivity index (χ0v) is 14.0. The summed E-state index contributed by atoms with van der Waals surface area (Å²) in [5.74, 6) is 6.17. The van der Waals surface area contributed by atoms with Crippen molar-refractivity contribution in [2.45, 2.75) is 39.5 Å². The van der Waals surface area contributed by atoms with Crippen LogP contribution in [0.5, 0.6) is 0 Å². The Hall–Kier alpha value is -0.987. The summed E-state index contributed by atoms with van der Waals surface area (Å²) in [5, 5.41) is 0. The van der Waals surface area contributed by atoms with Crippen molar-refractivity contribution in [3.05, 3.63) is 39.9 Å². The Bertz CT molecular complexity index is 235. The van der Waals surface area contributed by atoms with E-state index in [1.807, 2.05) is 0 Å². The predicted molar refractivity (Wildman–Crippen MR) is 61.2 cm³/mol. The van der Waals surface area contributed by atoms with E-state index in [9.17, 15) is 0 Å². The zero-order chi connectivity index (χ0) is 18.2. The molecule has 0 fully saturated rings. The van der Waals surface area contributed by atoms with Crippen LogP contribution in [0.3, 0.4) is 0 Å². The molecule has 0 aliphatic heterocycles. The standard InChI is InChI=1S/C8H14.6CO.2Co/c1-3-5-7-8-6-4-2;6*1-2;;/h3-6H2,1-2H3;;;;;;;;. The van der Waals surface area contributed by atoms with Crippen LogP contribution in [0.1, 0.15) is 39.5 Å². The van der Waals surface area contributed by atoms with E-state index in [0.717, 1.165) is 12.8 Å². The first-order chi connectivity index (χ1) is 9.91. The third kappa shape index (κ3) is 383. The first kappa shape index (κ1) is 58.3. The quantitative estimate of drug-likeness (QED) is 0.387. The average molecular weight is 396 g/mol. The summed E-state index contributed by atoms with van der Waals surface area (Å²) in [6, 6.07) is 0. The minimum atomic E-state index is 0. The number of rotatable bonds is 2. The van der Waals surface area contributed by atoms with Crippen molar-refractivity contribution < 1.29 is 61.5 Å². The van der Waals surface area contributed by atoms with Gasteiger partial charge in [0.05, 0.1) is 0 Å². The van der Waals surface area contributed by atoms with Crippen molar-refractivity contribution in [1.82, 2.24) is 0 Å². The first-order valence-corrected chi connectivity index (χ1v) is 4.60. The Morgan fingerprint density at radius 2 is 0.636 bits per heavy atom. The fourth-order valence-electron chi connectivity index (χ4n) is 0.427. The van der Waals surface area contributed by atoms with Crippen LogP contribution < -0.4 is 0 Å². The molecule has 8 heteroatoms. The van der Waals surface area contributed by atoms with Gasteiger partial charge in [-0.25, -0.2) is 0 Å². The second-order valence-corrected chi connectivity index (χ2v) is 1.85. The van der Waals surface area contributed by atoms with E-state index in [1.165, 1.54) is 12.8 Å². The molecule has 0 N–H and O–H groups in total. The summed E-state index contributed by atoms with van der Waals surface area (Å²) in [7, 11) is 0. The predicted octanol–water partition coefficient (Wildman–Crippen LogP) is 2.36. The molecular formula is C14H14Co2O6. The number of unbranched alkanes of at least 4 members (excludes halogenated alkanes) is 2. The van der Waals surface area contributed by atoms with Gasteiger partial charge < -0.3 is 0 Å². The van der Waals surface area contributed by atoms with E-state index in [0.29, 0.717) is 0 Å². The van der Waals surface area contributed by atoms with E-state index >= 15 is 0 Å². The summed E-state index contributed by atoms with van der Waals surface area (Å²) < 4.78 is 45.0. The van der Waals surface area contributed by atoms with E-state index in [-0.39, 0.29) is 33.6 Å². The molecular weight excluding hydrogens is 382 g/mol. The van der Waals surface area contributed by atoms with Gasteiger partial charge in [0.2, 0.25) is 0 Å². The van der Waals surface area contributed by atoms with Crippen LogP contribution in [0.2, 0.25) is 0 Å². The minimum Gasteiger partial charge on any atom is 0 e. The largest absolute Gasteiger partial charge is 0 e. The number of hydrogen-bond acceptors (Lipinski definition) is 0. The fourth-order valence-corrected chi connectivity index (χ4v) is 0.427. The smallest absolute Gasteiger partial charge is 0 e. The van der Waals surface area contributed by atoms with Crippen LogP contribution in [0.15, 0.2) is 0 Å². The molecule has 0 aromatic carbocycles. The summed E-state index contributed by atoms with van der Waals surface area (Å²) in [4.78, 5) is 0. The minimum absolute atomic E-state index is 0. The van der Waals surface area contributed by atoms with Gasteiger partial charge in [-0.1, -0.05) is 13.8 Å². The van der Waals surface area contributed by atoms with Gasteiger partial charge in [0.25, 0.3) is 0 Å². The van der Waals surface area contributed by atoms with E-state index < -0.39 is 0 Å². The van der Waals surface area contributed by atoms with Crippen molar-refractivity contribution in [1.29, 1.82) is 0 Å².